The van der Waals surface area contributed by atoms with Crippen molar-refractivity contribution in [2.75, 3.05) is 5.75 Å². The summed E-state index contributed by atoms with van der Waals surface area (Å²) in [6.07, 6.45) is 1.83. The molecule has 21 heavy (non-hydrogen) atoms. The highest BCUT2D eigenvalue weighted by atomic mass is 32.2. The predicted octanol–water partition coefficient (Wildman–Crippen LogP) is 3.68. The fraction of sp³-hybridized carbons (Fsp3) is 0.588. The van der Waals surface area contributed by atoms with E-state index < -0.39 is 4.87 Å². The van der Waals surface area contributed by atoms with E-state index in [1.54, 1.807) is 11.8 Å². The topological polar surface area (TPSA) is 49.3 Å². The first kappa shape index (κ1) is 16.2. The Morgan fingerprint density at radius 3 is 2.52 bits per heavy atom. The van der Waals surface area contributed by atoms with Gasteiger partial charge in [0.15, 0.2) is 0 Å². The molecule has 1 saturated heterocycles. The second-order valence-corrected chi connectivity index (χ2v) is 8.30. The number of aromatic hydroxyl groups is 1. The van der Waals surface area contributed by atoms with Crippen LogP contribution in [-0.2, 0) is 21.5 Å². The minimum absolute atomic E-state index is 0.0740. The monoisotopic (exact) mass is 307 g/mol. The van der Waals surface area contributed by atoms with Gasteiger partial charge in [0.1, 0.15) is 10.6 Å². The van der Waals surface area contributed by atoms with Crippen LogP contribution < -0.4 is 5.32 Å². The van der Waals surface area contributed by atoms with Crippen molar-refractivity contribution < 1.29 is 9.90 Å². The Hall–Kier alpha value is -1.16. The molecular formula is C17H25NO2S. The lowest BCUT2D eigenvalue weighted by Gasteiger charge is -2.29. The third kappa shape index (κ3) is 3.20. The van der Waals surface area contributed by atoms with Gasteiger partial charge < -0.3 is 10.4 Å². The van der Waals surface area contributed by atoms with E-state index in [-0.39, 0.29) is 11.3 Å². The average molecular weight is 307 g/mol. The zero-order valence-electron chi connectivity index (χ0n) is 13.5. The Kier molecular flexibility index (Phi) is 4.29. The Balaban J connectivity index is 2.57. The molecule has 0 spiro atoms. The van der Waals surface area contributed by atoms with Gasteiger partial charge in [-0.05, 0) is 47.6 Å². The molecule has 1 atom stereocenters. The molecule has 0 bridgehead atoms. The molecule has 1 amide bonds. The number of thioether (sulfide) groups is 1. The van der Waals surface area contributed by atoms with Crippen molar-refractivity contribution in [2.24, 2.45) is 0 Å². The zero-order chi connectivity index (χ0) is 15.8. The van der Waals surface area contributed by atoms with Gasteiger partial charge in [0, 0.05) is 0 Å². The first-order valence-corrected chi connectivity index (χ1v) is 8.48. The van der Waals surface area contributed by atoms with Gasteiger partial charge in [-0.3, -0.25) is 4.79 Å². The van der Waals surface area contributed by atoms with E-state index in [4.69, 9.17) is 0 Å². The molecule has 1 aliphatic heterocycles. The van der Waals surface area contributed by atoms with Crippen molar-refractivity contribution in [3.8, 4) is 5.75 Å². The van der Waals surface area contributed by atoms with Crippen LogP contribution in [0.5, 0.6) is 5.75 Å². The molecule has 4 heteroatoms. The summed E-state index contributed by atoms with van der Waals surface area (Å²) in [5, 5.41) is 13.6. The molecule has 1 aromatic rings. The van der Waals surface area contributed by atoms with Crippen LogP contribution in [0.25, 0.3) is 0 Å². The second kappa shape index (κ2) is 5.56. The van der Waals surface area contributed by atoms with E-state index in [0.29, 0.717) is 11.5 Å². The number of aryl methyl sites for hydroxylation is 1. The van der Waals surface area contributed by atoms with Gasteiger partial charge in [-0.25, -0.2) is 0 Å². The van der Waals surface area contributed by atoms with Gasteiger partial charge in [0.25, 0.3) is 0 Å². The largest absolute Gasteiger partial charge is 0.507 e. The number of hydrogen-bond donors (Lipinski definition) is 2. The highest BCUT2D eigenvalue weighted by Crippen LogP contribution is 2.42. The summed E-state index contributed by atoms with van der Waals surface area (Å²) in [5.74, 6) is 0.974. The number of phenols is 1. The Labute approximate surface area is 131 Å². The number of rotatable bonds is 3. The third-order valence-corrected chi connectivity index (χ3v) is 5.26. The minimum Gasteiger partial charge on any atom is -0.507 e. The number of phenolic OH excluding ortho intramolecular Hbond substituents is 1. The lowest BCUT2D eigenvalue weighted by Crippen LogP contribution is -2.34. The molecule has 1 unspecified atom stereocenters. The van der Waals surface area contributed by atoms with Gasteiger partial charge >= 0.3 is 0 Å². The molecule has 2 rings (SSSR count). The molecule has 2 N–H and O–H groups in total. The predicted molar refractivity (Wildman–Crippen MR) is 88.8 cm³/mol. The van der Waals surface area contributed by atoms with Crippen molar-refractivity contribution in [1.82, 2.24) is 5.32 Å². The molecule has 0 aromatic heterocycles. The number of hydrogen-bond acceptors (Lipinski definition) is 3. The maximum atomic E-state index is 11.6. The van der Waals surface area contributed by atoms with Crippen LogP contribution in [-0.4, -0.2) is 16.8 Å². The maximum Gasteiger partial charge on any atom is 0.231 e. The number of benzene rings is 1. The van der Waals surface area contributed by atoms with Crippen LogP contribution in [0.15, 0.2) is 12.1 Å². The van der Waals surface area contributed by atoms with Gasteiger partial charge in [0.2, 0.25) is 5.91 Å². The molecule has 1 heterocycles. The summed E-state index contributed by atoms with van der Waals surface area (Å²) in [4.78, 5) is 11.2. The summed E-state index contributed by atoms with van der Waals surface area (Å²) in [5.41, 5.74) is 2.87. The van der Waals surface area contributed by atoms with E-state index in [1.165, 1.54) is 0 Å². The first-order chi connectivity index (χ1) is 9.67. The van der Waals surface area contributed by atoms with Crippen LogP contribution in [0.4, 0.5) is 0 Å². The molecule has 0 saturated carbocycles. The Bertz CT molecular complexity index is 563. The van der Waals surface area contributed by atoms with Gasteiger partial charge in [0.05, 0.1) is 5.75 Å². The van der Waals surface area contributed by atoms with E-state index in [9.17, 15) is 9.90 Å². The van der Waals surface area contributed by atoms with Crippen molar-refractivity contribution in [2.45, 2.75) is 57.7 Å². The maximum absolute atomic E-state index is 11.6. The van der Waals surface area contributed by atoms with Crippen molar-refractivity contribution in [1.29, 1.82) is 0 Å². The Morgan fingerprint density at radius 2 is 2.05 bits per heavy atom. The van der Waals surface area contributed by atoms with Crippen molar-refractivity contribution in [3.05, 3.63) is 28.8 Å². The quantitative estimate of drug-likeness (QED) is 0.895. The minimum atomic E-state index is -0.396. The number of amides is 1. The Morgan fingerprint density at radius 1 is 1.38 bits per heavy atom. The molecule has 1 fully saturated rings. The summed E-state index contributed by atoms with van der Waals surface area (Å²) in [6.45, 7) is 10.5. The molecule has 3 nitrogen and oxygen atoms in total. The summed E-state index contributed by atoms with van der Waals surface area (Å²) >= 11 is 1.62. The lowest BCUT2D eigenvalue weighted by molar-refractivity contribution is -0.118. The SMILES string of the molecule is CCCc1cc(C2(C)NC(=O)CS2)cc(C(C)(C)C)c1O. The van der Waals surface area contributed by atoms with Crippen LogP contribution in [0.2, 0.25) is 0 Å². The molecule has 1 aliphatic rings. The second-order valence-electron chi connectivity index (χ2n) is 6.90. The van der Waals surface area contributed by atoms with E-state index >= 15 is 0 Å². The number of carbonyl (C=O) groups excluding carboxylic acids is 1. The standard InChI is InChI=1S/C17H25NO2S/c1-6-7-11-8-12(17(5)18-14(19)10-21-17)9-13(15(11)20)16(2,3)4/h8-9,20H,6-7,10H2,1-5H3,(H,18,19). The fourth-order valence-corrected chi connectivity index (χ4v) is 3.67. The van der Waals surface area contributed by atoms with Gasteiger partial charge in [-0.15, -0.1) is 11.8 Å². The number of nitrogens with one attached hydrogen (secondary N) is 1. The molecule has 0 aliphatic carbocycles. The van der Waals surface area contributed by atoms with E-state index in [2.05, 4.69) is 33.0 Å². The average Bonchev–Trinajstić information content (AvgIpc) is 2.71. The number of carbonyl (C=O) groups is 1. The van der Waals surface area contributed by atoms with Gasteiger partial charge in [-0.2, -0.15) is 0 Å². The molecule has 116 valence electrons. The van der Waals surface area contributed by atoms with E-state index in [0.717, 1.165) is 29.5 Å². The zero-order valence-corrected chi connectivity index (χ0v) is 14.4. The normalized spacial score (nSPS) is 22.4. The smallest absolute Gasteiger partial charge is 0.231 e. The summed E-state index contributed by atoms with van der Waals surface area (Å²) < 4.78 is 0. The van der Waals surface area contributed by atoms with Crippen molar-refractivity contribution >= 4 is 17.7 Å². The van der Waals surface area contributed by atoms with E-state index in [1.807, 2.05) is 19.1 Å². The fourth-order valence-electron chi connectivity index (χ4n) is 2.71. The highest BCUT2D eigenvalue weighted by Gasteiger charge is 2.37. The molecular weight excluding hydrogens is 282 g/mol. The van der Waals surface area contributed by atoms with Crippen LogP contribution in [0, 0.1) is 0 Å². The summed E-state index contributed by atoms with van der Waals surface area (Å²) in [6, 6.07) is 4.10. The van der Waals surface area contributed by atoms with Gasteiger partial charge in [-0.1, -0.05) is 34.1 Å². The van der Waals surface area contributed by atoms with Crippen LogP contribution in [0.1, 0.15) is 57.7 Å². The lowest BCUT2D eigenvalue weighted by atomic mass is 9.82. The first-order valence-electron chi connectivity index (χ1n) is 7.49. The van der Waals surface area contributed by atoms with Crippen molar-refractivity contribution in [3.63, 3.8) is 0 Å². The third-order valence-electron chi connectivity index (χ3n) is 3.94. The molecule has 1 aromatic carbocycles. The highest BCUT2D eigenvalue weighted by molar-refractivity contribution is 8.01. The van der Waals surface area contributed by atoms with Crippen LogP contribution in [0.3, 0.4) is 0 Å². The summed E-state index contributed by atoms with van der Waals surface area (Å²) in [7, 11) is 0. The molecule has 0 radical (unpaired) electrons. The van der Waals surface area contributed by atoms with Crippen LogP contribution >= 0.6 is 11.8 Å².